The van der Waals surface area contributed by atoms with E-state index >= 15 is 0 Å². The highest BCUT2D eigenvalue weighted by Crippen LogP contribution is 2.24. The van der Waals surface area contributed by atoms with E-state index in [1.54, 1.807) is 23.5 Å². The number of carbonyl (C=O) groups excluding carboxylic acids is 1. The standard InChI is InChI=1S/C16H16BrN5O/c1-3-13-10-22-14(17)8-19-15(22)16(20-13)21(11(2)23)9-12-5-4-6-18-7-12/h4-8,10H,3,9H2,1-2H3. The van der Waals surface area contributed by atoms with Gasteiger partial charge in [0.25, 0.3) is 0 Å². The number of imidazole rings is 1. The van der Waals surface area contributed by atoms with Crippen LogP contribution in [-0.2, 0) is 17.8 Å². The number of nitrogens with zero attached hydrogens (tertiary/aromatic N) is 5. The number of hydrogen-bond donors (Lipinski definition) is 0. The van der Waals surface area contributed by atoms with E-state index in [1.807, 2.05) is 29.7 Å². The number of halogens is 1. The summed E-state index contributed by atoms with van der Waals surface area (Å²) in [4.78, 5) is 27.0. The monoisotopic (exact) mass is 373 g/mol. The highest BCUT2D eigenvalue weighted by molar-refractivity contribution is 9.10. The molecule has 0 unspecified atom stereocenters. The van der Waals surface area contributed by atoms with Crippen LogP contribution in [0.4, 0.5) is 5.82 Å². The number of fused-ring (bicyclic) bond motifs is 1. The van der Waals surface area contributed by atoms with Crippen molar-refractivity contribution >= 4 is 33.3 Å². The molecule has 0 aliphatic heterocycles. The Kier molecular flexibility index (Phi) is 4.38. The summed E-state index contributed by atoms with van der Waals surface area (Å²) in [5, 5.41) is 0. The second-order valence-corrected chi connectivity index (χ2v) is 5.96. The van der Waals surface area contributed by atoms with Crippen LogP contribution in [0.2, 0.25) is 0 Å². The lowest BCUT2D eigenvalue weighted by Gasteiger charge is -2.21. The van der Waals surface area contributed by atoms with Crippen molar-refractivity contribution in [1.29, 1.82) is 0 Å². The van der Waals surface area contributed by atoms with Crippen molar-refractivity contribution in [2.75, 3.05) is 4.90 Å². The maximum absolute atomic E-state index is 12.2. The number of anilines is 1. The molecule has 23 heavy (non-hydrogen) atoms. The minimum Gasteiger partial charge on any atom is -0.289 e. The van der Waals surface area contributed by atoms with Crippen LogP contribution in [0.15, 0.2) is 41.5 Å². The largest absolute Gasteiger partial charge is 0.289 e. The number of aromatic nitrogens is 4. The van der Waals surface area contributed by atoms with Crippen LogP contribution in [-0.4, -0.2) is 25.3 Å². The summed E-state index contributed by atoms with van der Waals surface area (Å²) < 4.78 is 2.73. The minimum atomic E-state index is -0.0874. The van der Waals surface area contributed by atoms with Gasteiger partial charge in [0.15, 0.2) is 11.5 Å². The van der Waals surface area contributed by atoms with Crippen molar-refractivity contribution in [2.24, 2.45) is 0 Å². The van der Waals surface area contributed by atoms with Gasteiger partial charge in [0.05, 0.1) is 18.4 Å². The van der Waals surface area contributed by atoms with Crippen LogP contribution in [0.25, 0.3) is 5.65 Å². The molecule has 0 aliphatic carbocycles. The van der Waals surface area contributed by atoms with Crippen molar-refractivity contribution in [3.8, 4) is 0 Å². The van der Waals surface area contributed by atoms with Gasteiger partial charge in [-0.1, -0.05) is 13.0 Å². The van der Waals surface area contributed by atoms with Gasteiger partial charge in [-0.2, -0.15) is 0 Å². The first kappa shape index (κ1) is 15.6. The van der Waals surface area contributed by atoms with Crippen LogP contribution in [0.5, 0.6) is 0 Å². The summed E-state index contributed by atoms with van der Waals surface area (Å²) >= 11 is 3.48. The van der Waals surface area contributed by atoms with Gasteiger partial charge in [-0.05, 0) is 34.0 Å². The Balaban J connectivity index is 2.12. The lowest BCUT2D eigenvalue weighted by Crippen LogP contribution is -2.29. The van der Waals surface area contributed by atoms with E-state index in [2.05, 4.69) is 30.9 Å². The highest BCUT2D eigenvalue weighted by Gasteiger charge is 2.20. The molecule has 0 N–H and O–H groups in total. The van der Waals surface area contributed by atoms with E-state index in [0.29, 0.717) is 18.0 Å². The third-order valence-corrected chi connectivity index (χ3v) is 4.13. The zero-order chi connectivity index (χ0) is 16.4. The summed E-state index contributed by atoms with van der Waals surface area (Å²) in [6.07, 6.45) is 7.87. The predicted molar refractivity (Wildman–Crippen MR) is 91.2 cm³/mol. The quantitative estimate of drug-likeness (QED) is 0.704. The predicted octanol–water partition coefficient (Wildman–Crippen LogP) is 3.00. The molecule has 0 aliphatic rings. The summed E-state index contributed by atoms with van der Waals surface area (Å²) in [7, 11) is 0. The molecule has 3 aromatic heterocycles. The van der Waals surface area contributed by atoms with Crippen LogP contribution >= 0.6 is 15.9 Å². The SMILES string of the molecule is CCc1cn2c(Br)cnc2c(N(Cc2cccnc2)C(C)=O)n1. The average molecular weight is 374 g/mol. The Morgan fingerprint density at radius 2 is 2.22 bits per heavy atom. The Morgan fingerprint density at radius 1 is 1.39 bits per heavy atom. The molecule has 7 heteroatoms. The van der Waals surface area contributed by atoms with Gasteiger partial charge < -0.3 is 0 Å². The van der Waals surface area contributed by atoms with Gasteiger partial charge in [-0.3, -0.25) is 19.1 Å². The summed E-state index contributed by atoms with van der Waals surface area (Å²) in [5.41, 5.74) is 2.48. The summed E-state index contributed by atoms with van der Waals surface area (Å²) in [6, 6.07) is 3.79. The van der Waals surface area contributed by atoms with Gasteiger partial charge in [0, 0.05) is 25.5 Å². The molecule has 0 atom stereocenters. The van der Waals surface area contributed by atoms with Crippen LogP contribution < -0.4 is 4.90 Å². The number of hydrogen-bond acceptors (Lipinski definition) is 4. The molecule has 0 radical (unpaired) electrons. The van der Waals surface area contributed by atoms with Crippen LogP contribution in [0.1, 0.15) is 25.1 Å². The third-order valence-electron chi connectivity index (χ3n) is 3.54. The zero-order valence-corrected chi connectivity index (χ0v) is 14.5. The number of pyridine rings is 1. The third kappa shape index (κ3) is 3.10. The van der Waals surface area contributed by atoms with Crippen molar-refractivity contribution in [3.05, 3.63) is 52.8 Å². The fraction of sp³-hybridized carbons (Fsp3) is 0.250. The fourth-order valence-electron chi connectivity index (χ4n) is 2.35. The molecular formula is C16H16BrN5O. The Labute approximate surface area is 142 Å². The Morgan fingerprint density at radius 3 is 2.87 bits per heavy atom. The van der Waals surface area contributed by atoms with E-state index in [-0.39, 0.29) is 5.91 Å². The van der Waals surface area contributed by atoms with E-state index in [1.165, 1.54) is 6.92 Å². The number of amides is 1. The second-order valence-electron chi connectivity index (χ2n) is 5.15. The minimum absolute atomic E-state index is 0.0874. The Hall–Kier alpha value is -2.28. The fourth-order valence-corrected chi connectivity index (χ4v) is 2.73. The van der Waals surface area contributed by atoms with E-state index in [0.717, 1.165) is 22.3 Å². The van der Waals surface area contributed by atoms with Gasteiger partial charge in [0.2, 0.25) is 5.91 Å². The molecule has 118 valence electrons. The molecule has 0 aromatic carbocycles. The normalized spacial score (nSPS) is 10.9. The molecule has 0 spiro atoms. The molecule has 1 amide bonds. The number of aryl methyl sites for hydroxylation is 1. The second kappa shape index (κ2) is 6.45. The van der Waals surface area contributed by atoms with E-state index in [9.17, 15) is 4.79 Å². The maximum atomic E-state index is 12.2. The maximum Gasteiger partial charge on any atom is 0.225 e. The molecule has 3 aromatic rings. The first-order valence-corrected chi connectivity index (χ1v) is 8.09. The van der Waals surface area contributed by atoms with Crippen molar-refractivity contribution in [2.45, 2.75) is 26.8 Å². The first-order valence-electron chi connectivity index (χ1n) is 7.29. The topological polar surface area (TPSA) is 63.4 Å². The Bertz CT molecular complexity index is 846. The lowest BCUT2D eigenvalue weighted by molar-refractivity contribution is -0.116. The van der Waals surface area contributed by atoms with E-state index < -0.39 is 0 Å². The van der Waals surface area contributed by atoms with Crippen molar-refractivity contribution in [3.63, 3.8) is 0 Å². The van der Waals surface area contributed by atoms with Crippen LogP contribution in [0.3, 0.4) is 0 Å². The first-order chi connectivity index (χ1) is 11.1. The van der Waals surface area contributed by atoms with E-state index in [4.69, 9.17) is 0 Å². The van der Waals surface area contributed by atoms with Crippen molar-refractivity contribution in [1.82, 2.24) is 19.4 Å². The molecule has 3 heterocycles. The van der Waals surface area contributed by atoms with Crippen LogP contribution in [0, 0.1) is 0 Å². The van der Waals surface area contributed by atoms with Gasteiger partial charge in [0.1, 0.15) is 4.60 Å². The summed E-state index contributed by atoms with van der Waals surface area (Å²) in [5.74, 6) is 0.474. The van der Waals surface area contributed by atoms with Gasteiger partial charge in [-0.15, -0.1) is 0 Å². The number of rotatable bonds is 4. The molecule has 0 bridgehead atoms. The van der Waals surface area contributed by atoms with Gasteiger partial charge >= 0.3 is 0 Å². The van der Waals surface area contributed by atoms with Crippen molar-refractivity contribution < 1.29 is 4.79 Å². The van der Waals surface area contributed by atoms with Gasteiger partial charge in [-0.25, -0.2) is 9.97 Å². The smallest absolute Gasteiger partial charge is 0.225 e. The average Bonchev–Trinajstić information content (AvgIpc) is 2.94. The molecule has 3 rings (SSSR count). The summed E-state index contributed by atoms with van der Waals surface area (Å²) in [6.45, 7) is 3.97. The zero-order valence-electron chi connectivity index (χ0n) is 12.9. The highest BCUT2D eigenvalue weighted by atomic mass is 79.9. The molecule has 0 fully saturated rings. The molecular weight excluding hydrogens is 358 g/mol. The molecule has 6 nitrogen and oxygen atoms in total. The lowest BCUT2D eigenvalue weighted by atomic mass is 10.2. The molecule has 0 saturated heterocycles. The number of carbonyl (C=O) groups is 1. The molecule has 0 saturated carbocycles.